The molecule has 0 aliphatic carbocycles. The number of hydrogen-bond donors (Lipinski definition) is 0. The quantitative estimate of drug-likeness (QED) is 0.425. The van der Waals surface area contributed by atoms with E-state index in [1.54, 1.807) is 31.3 Å². The minimum absolute atomic E-state index is 0.195. The summed E-state index contributed by atoms with van der Waals surface area (Å²) in [6.45, 7) is 1.48. The topological polar surface area (TPSA) is 77.8 Å². The molecule has 158 valence electrons. The third-order valence-corrected chi connectivity index (χ3v) is 5.27. The first kappa shape index (κ1) is 19.3. The van der Waals surface area contributed by atoms with Gasteiger partial charge in [0.25, 0.3) is 0 Å². The smallest absolute Gasteiger partial charge is 0.124 e. The van der Waals surface area contributed by atoms with Crippen molar-refractivity contribution in [1.82, 2.24) is 19.7 Å². The Morgan fingerprint density at radius 3 is 2.45 bits per heavy atom. The van der Waals surface area contributed by atoms with Crippen LogP contribution in [0.15, 0.2) is 55.0 Å². The number of epoxide rings is 1. The fourth-order valence-electron chi connectivity index (χ4n) is 3.55. The van der Waals surface area contributed by atoms with Crippen LogP contribution < -0.4 is 14.4 Å². The summed E-state index contributed by atoms with van der Waals surface area (Å²) in [5.41, 5.74) is 5.33. The van der Waals surface area contributed by atoms with Crippen molar-refractivity contribution in [2.24, 2.45) is 7.05 Å². The summed E-state index contributed by atoms with van der Waals surface area (Å²) in [6, 6.07) is 11.9. The highest BCUT2D eigenvalue weighted by atomic mass is 16.6. The van der Waals surface area contributed by atoms with Crippen molar-refractivity contribution in [3.05, 3.63) is 55.0 Å². The lowest BCUT2D eigenvalue weighted by molar-refractivity contribution is 0.393. The second-order valence-corrected chi connectivity index (χ2v) is 7.47. The molecule has 1 fully saturated rings. The Labute approximate surface area is 180 Å². The van der Waals surface area contributed by atoms with E-state index in [0.29, 0.717) is 0 Å². The fourth-order valence-corrected chi connectivity index (χ4v) is 3.55. The maximum Gasteiger partial charge on any atom is 0.124 e. The summed E-state index contributed by atoms with van der Waals surface area (Å²) < 4.78 is 18.2. The molecule has 8 heteroatoms. The van der Waals surface area contributed by atoms with Gasteiger partial charge >= 0.3 is 0 Å². The average molecular weight is 417 g/mol. The molecule has 3 heterocycles. The third kappa shape index (κ3) is 4.02. The van der Waals surface area contributed by atoms with Gasteiger partial charge in [-0.05, 0) is 18.2 Å². The summed E-state index contributed by atoms with van der Waals surface area (Å²) >= 11 is 0. The predicted octanol–water partition coefficient (Wildman–Crippen LogP) is 3.58. The van der Waals surface area contributed by atoms with Crippen LogP contribution in [0.5, 0.6) is 11.5 Å². The summed E-state index contributed by atoms with van der Waals surface area (Å²) in [6.07, 6.45) is 5.69. The number of rotatable bonds is 7. The third-order valence-electron chi connectivity index (χ3n) is 5.27. The lowest BCUT2D eigenvalue weighted by Crippen LogP contribution is -2.22. The van der Waals surface area contributed by atoms with Gasteiger partial charge in [-0.15, -0.1) is 0 Å². The van der Waals surface area contributed by atoms with Gasteiger partial charge in [0, 0.05) is 48.4 Å². The normalized spacial score (nSPS) is 15.1. The van der Waals surface area contributed by atoms with Crippen LogP contribution in [0, 0.1) is 0 Å². The van der Waals surface area contributed by atoms with Crippen molar-refractivity contribution in [3.63, 3.8) is 0 Å². The Bertz CT molecular complexity index is 1210. The molecule has 1 aliphatic heterocycles. The molecule has 1 unspecified atom stereocenters. The van der Waals surface area contributed by atoms with Gasteiger partial charge in [-0.2, -0.15) is 5.10 Å². The van der Waals surface area contributed by atoms with Gasteiger partial charge in [-0.25, -0.2) is 4.98 Å². The zero-order valence-electron chi connectivity index (χ0n) is 17.6. The van der Waals surface area contributed by atoms with Crippen LogP contribution in [0.3, 0.4) is 0 Å². The predicted molar refractivity (Wildman–Crippen MR) is 118 cm³/mol. The molecule has 4 aromatic rings. The first-order valence-corrected chi connectivity index (χ1v) is 10.0. The van der Waals surface area contributed by atoms with E-state index < -0.39 is 0 Å². The largest absolute Gasteiger partial charge is 0.497 e. The molecule has 0 saturated carbocycles. The molecule has 2 aromatic carbocycles. The minimum atomic E-state index is 0.195. The fraction of sp³-hybridized carbons (Fsp3) is 0.261. The van der Waals surface area contributed by atoms with E-state index in [0.717, 1.165) is 58.3 Å². The molecular formula is C23H23N5O3. The summed E-state index contributed by atoms with van der Waals surface area (Å²) in [5, 5.41) is 4.23. The molecule has 5 rings (SSSR count). The number of nitrogens with zero attached hydrogens (tertiary/aromatic N) is 5. The number of aryl methyl sites for hydroxylation is 1. The summed E-state index contributed by atoms with van der Waals surface area (Å²) in [7, 11) is 5.19. The van der Waals surface area contributed by atoms with Crippen LogP contribution in [-0.2, 0) is 11.8 Å². The van der Waals surface area contributed by atoms with E-state index in [1.807, 2.05) is 37.5 Å². The number of hydrogen-bond acceptors (Lipinski definition) is 7. The van der Waals surface area contributed by atoms with E-state index >= 15 is 0 Å². The van der Waals surface area contributed by atoms with Gasteiger partial charge in [0.15, 0.2) is 0 Å². The van der Waals surface area contributed by atoms with Gasteiger partial charge in [0.05, 0.1) is 62.6 Å². The van der Waals surface area contributed by atoms with Crippen LogP contribution in [0.1, 0.15) is 0 Å². The Kier molecular flexibility index (Phi) is 4.91. The highest BCUT2D eigenvalue weighted by Crippen LogP contribution is 2.35. The van der Waals surface area contributed by atoms with Gasteiger partial charge in [-0.1, -0.05) is 0 Å². The van der Waals surface area contributed by atoms with Crippen LogP contribution in [0.25, 0.3) is 22.3 Å². The molecule has 0 N–H and O–H groups in total. The van der Waals surface area contributed by atoms with E-state index in [9.17, 15) is 0 Å². The maximum absolute atomic E-state index is 5.52. The van der Waals surface area contributed by atoms with Gasteiger partial charge in [0.1, 0.15) is 11.5 Å². The van der Waals surface area contributed by atoms with E-state index in [-0.39, 0.29) is 6.10 Å². The average Bonchev–Trinajstić information content (AvgIpc) is 3.53. The molecule has 0 spiro atoms. The van der Waals surface area contributed by atoms with Crippen LogP contribution in [0.4, 0.5) is 11.4 Å². The SMILES string of the molecule is COc1cc(OC)cc(N(CC2CO2)c2ccc3ncc(-c4cnn(C)c4)nc3c2)c1. The van der Waals surface area contributed by atoms with Crippen LogP contribution in [0.2, 0.25) is 0 Å². The standard InChI is InChI=1S/C23H23N5O3/c1-27-12-15(10-25-27)23-11-24-21-5-4-16(8-22(21)26-23)28(13-20-14-31-20)17-6-18(29-2)9-19(7-17)30-3/h4-12,20H,13-14H2,1-3H3. The van der Waals surface area contributed by atoms with Gasteiger partial charge in [0.2, 0.25) is 0 Å². The zero-order chi connectivity index (χ0) is 21.4. The highest BCUT2D eigenvalue weighted by molar-refractivity contribution is 5.82. The molecule has 31 heavy (non-hydrogen) atoms. The Morgan fingerprint density at radius 2 is 1.81 bits per heavy atom. The molecule has 0 amide bonds. The molecule has 1 atom stereocenters. The zero-order valence-corrected chi connectivity index (χ0v) is 17.6. The second-order valence-electron chi connectivity index (χ2n) is 7.47. The Morgan fingerprint density at radius 1 is 1.03 bits per heavy atom. The Balaban J connectivity index is 1.58. The molecule has 0 radical (unpaired) electrons. The Hall–Kier alpha value is -3.65. The van der Waals surface area contributed by atoms with Gasteiger partial charge in [-0.3, -0.25) is 9.67 Å². The first-order valence-electron chi connectivity index (χ1n) is 10.0. The van der Waals surface area contributed by atoms with Crippen molar-refractivity contribution in [1.29, 1.82) is 0 Å². The monoisotopic (exact) mass is 417 g/mol. The summed E-state index contributed by atoms with van der Waals surface area (Å²) in [5.74, 6) is 1.46. The van der Waals surface area contributed by atoms with E-state index in [4.69, 9.17) is 19.2 Å². The molecule has 1 aliphatic rings. The number of methoxy groups -OCH3 is 2. The number of fused-ring (bicyclic) bond motifs is 1. The number of ether oxygens (including phenoxy) is 3. The molecule has 8 nitrogen and oxygen atoms in total. The molecule has 0 bridgehead atoms. The van der Waals surface area contributed by atoms with Crippen molar-refractivity contribution < 1.29 is 14.2 Å². The van der Waals surface area contributed by atoms with Gasteiger partial charge < -0.3 is 19.1 Å². The van der Waals surface area contributed by atoms with Crippen LogP contribution >= 0.6 is 0 Å². The van der Waals surface area contributed by atoms with Crippen LogP contribution in [-0.4, -0.2) is 53.2 Å². The molecule has 2 aromatic heterocycles. The number of aromatic nitrogens is 4. The van der Waals surface area contributed by atoms with Crippen molar-refractivity contribution in [2.75, 3.05) is 32.3 Å². The number of anilines is 2. The highest BCUT2D eigenvalue weighted by Gasteiger charge is 2.27. The van der Waals surface area contributed by atoms with Crippen molar-refractivity contribution >= 4 is 22.4 Å². The molecule has 1 saturated heterocycles. The second kappa shape index (κ2) is 7.88. The maximum atomic E-state index is 5.52. The summed E-state index contributed by atoms with van der Waals surface area (Å²) in [4.78, 5) is 11.6. The molecular weight excluding hydrogens is 394 g/mol. The minimum Gasteiger partial charge on any atom is -0.497 e. The van der Waals surface area contributed by atoms with Crippen molar-refractivity contribution in [3.8, 4) is 22.8 Å². The first-order chi connectivity index (χ1) is 15.1. The number of benzene rings is 2. The lowest BCUT2D eigenvalue weighted by Gasteiger charge is -2.25. The lowest BCUT2D eigenvalue weighted by atomic mass is 10.2. The van der Waals surface area contributed by atoms with E-state index in [2.05, 4.69) is 27.1 Å². The van der Waals surface area contributed by atoms with Crippen molar-refractivity contribution in [2.45, 2.75) is 6.10 Å². The van der Waals surface area contributed by atoms with E-state index in [1.165, 1.54) is 0 Å².